The molecule has 1 amide bonds. The van der Waals surface area contributed by atoms with Crippen molar-refractivity contribution in [1.29, 1.82) is 0 Å². The molecule has 14 heavy (non-hydrogen) atoms. The molecular weight excluding hydrogens is 180 g/mol. The summed E-state index contributed by atoms with van der Waals surface area (Å²) in [6.45, 7) is 4.54. The molecule has 0 bridgehead atoms. The van der Waals surface area contributed by atoms with E-state index in [0.29, 0.717) is 12.0 Å². The maximum atomic E-state index is 11.3. The number of hydrogen-bond acceptors (Lipinski definition) is 3. The molecule has 0 radical (unpaired) electrons. The lowest BCUT2D eigenvalue weighted by Gasteiger charge is -2.38. The van der Waals surface area contributed by atoms with Gasteiger partial charge in [0.1, 0.15) is 6.04 Å². The molecule has 2 saturated heterocycles. The number of likely N-dealkylation sites (tertiary alicyclic amines) is 1. The molecule has 2 N–H and O–H groups in total. The summed E-state index contributed by atoms with van der Waals surface area (Å²) in [5.74, 6) is 0.628. The normalized spacial score (nSPS) is 37.4. The Morgan fingerprint density at radius 3 is 3.00 bits per heavy atom. The summed E-state index contributed by atoms with van der Waals surface area (Å²) in [6, 6.07) is -0.239. The van der Waals surface area contributed by atoms with Crippen LogP contribution in [0.25, 0.3) is 0 Å². The van der Waals surface area contributed by atoms with Crippen molar-refractivity contribution in [2.24, 2.45) is 11.7 Å². The Morgan fingerprint density at radius 2 is 2.43 bits per heavy atom. The molecule has 0 saturated carbocycles. The molecule has 0 aromatic heterocycles. The summed E-state index contributed by atoms with van der Waals surface area (Å²) in [6.07, 6.45) is 2.47. The van der Waals surface area contributed by atoms with E-state index in [-0.39, 0.29) is 11.9 Å². The Hall–Kier alpha value is -0.610. The van der Waals surface area contributed by atoms with Crippen molar-refractivity contribution in [2.75, 3.05) is 19.7 Å². The van der Waals surface area contributed by atoms with Gasteiger partial charge >= 0.3 is 0 Å². The van der Waals surface area contributed by atoms with Crippen molar-refractivity contribution in [3.05, 3.63) is 0 Å². The average Bonchev–Trinajstić information content (AvgIpc) is 2.64. The van der Waals surface area contributed by atoms with E-state index in [4.69, 9.17) is 10.5 Å². The number of hydrogen-bond donors (Lipinski definition) is 1. The first-order valence-corrected chi connectivity index (χ1v) is 5.38. The number of nitrogens with two attached hydrogens (primary N) is 1. The zero-order chi connectivity index (χ0) is 10.1. The second-order valence-electron chi connectivity index (χ2n) is 4.22. The van der Waals surface area contributed by atoms with Gasteiger partial charge in [-0.1, -0.05) is 6.92 Å². The average molecular weight is 198 g/mol. The molecule has 2 aliphatic rings. The summed E-state index contributed by atoms with van der Waals surface area (Å²) in [7, 11) is 0. The Labute approximate surface area is 84.4 Å². The molecule has 0 aromatic rings. The van der Waals surface area contributed by atoms with Gasteiger partial charge < -0.3 is 15.4 Å². The van der Waals surface area contributed by atoms with Crippen molar-refractivity contribution in [3.8, 4) is 0 Å². The van der Waals surface area contributed by atoms with Gasteiger partial charge in [0.2, 0.25) is 5.91 Å². The van der Waals surface area contributed by atoms with E-state index in [1.807, 2.05) is 4.90 Å². The molecule has 2 heterocycles. The van der Waals surface area contributed by atoms with Crippen molar-refractivity contribution in [2.45, 2.75) is 31.9 Å². The first-order chi connectivity index (χ1) is 6.72. The van der Waals surface area contributed by atoms with Gasteiger partial charge in [-0.3, -0.25) is 4.79 Å². The molecule has 3 unspecified atom stereocenters. The molecule has 2 rings (SSSR count). The van der Waals surface area contributed by atoms with Crippen LogP contribution in [-0.4, -0.2) is 42.6 Å². The molecule has 0 spiro atoms. The van der Waals surface area contributed by atoms with E-state index >= 15 is 0 Å². The fourth-order valence-electron chi connectivity index (χ4n) is 2.33. The van der Waals surface area contributed by atoms with Gasteiger partial charge in [-0.15, -0.1) is 0 Å². The minimum Gasteiger partial charge on any atom is -0.378 e. The lowest BCUT2D eigenvalue weighted by Crippen LogP contribution is -2.62. The third-order valence-electron chi connectivity index (χ3n) is 3.25. The molecule has 2 fully saturated rings. The summed E-state index contributed by atoms with van der Waals surface area (Å²) in [4.78, 5) is 13.2. The van der Waals surface area contributed by atoms with Crippen LogP contribution in [0.5, 0.6) is 0 Å². The van der Waals surface area contributed by atoms with Gasteiger partial charge in [0.25, 0.3) is 0 Å². The van der Waals surface area contributed by atoms with Gasteiger partial charge in [-0.2, -0.15) is 0 Å². The molecule has 4 heteroatoms. The lowest BCUT2D eigenvalue weighted by atomic mass is 9.96. The number of rotatable bonds is 3. The van der Waals surface area contributed by atoms with Gasteiger partial charge in [0.15, 0.2) is 0 Å². The van der Waals surface area contributed by atoms with E-state index < -0.39 is 0 Å². The topological polar surface area (TPSA) is 55.6 Å². The molecule has 80 valence electrons. The first-order valence-electron chi connectivity index (χ1n) is 5.38. The number of carbonyl (C=O) groups is 1. The van der Waals surface area contributed by atoms with Gasteiger partial charge in [0, 0.05) is 25.6 Å². The predicted octanol–water partition coefficient (Wildman–Crippen LogP) is -0.0290. The Bertz CT molecular complexity index is 232. The summed E-state index contributed by atoms with van der Waals surface area (Å²) >= 11 is 0. The third-order valence-corrected chi connectivity index (χ3v) is 3.25. The summed E-state index contributed by atoms with van der Waals surface area (Å²) < 4.78 is 5.58. The molecule has 0 aliphatic carbocycles. The molecule has 4 nitrogen and oxygen atoms in total. The van der Waals surface area contributed by atoms with Crippen LogP contribution < -0.4 is 5.73 Å². The highest BCUT2D eigenvalue weighted by molar-refractivity contribution is 5.87. The monoisotopic (exact) mass is 198 g/mol. The fourth-order valence-corrected chi connectivity index (χ4v) is 2.33. The predicted molar refractivity (Wildman–Crippen MR) is 52.7 cm³/mol. The van der Waals surface area contributed by atoms with Gasteiger partial charge in [0.05, 0.1) is 6.10 Å². The second-order valence-corrected chi connectivity index (χ2v) is 4.22. The van der Waals surface area contributed by atoms with Crippen molar-refractivity contribution in [1.82, 2.24) is 4.90 Å². The largest absolute Gasteiger partial charge is 0.378 e. The van der Waals surface area contributed by atoms with Crippen LogP contribution in [0.1, 0.15) is 19.8 Å². The Morgan fingerprint density at radius 1 is 1.64 bits per heavy atom. The Balaban J connectivity index is 1.83. The minimum atomic E-state index is -0.239. The first kappa shape index (κ1) is 9.93. The minimum absolute atomic E-state index is 0.103. The zero-order valence-electron chi connectivity index (χ0n) is 8.61. The Kier molecular flexibility index (Phi) is 2.74. The van der Waals surface area contributed by atoms with Crippen LogP contribution in [0.15, 0.2) is 0 Å². The number of amides is 1. The maximum Gasteiger partial charge on any atom is 0.241 e. The molecule has 2 aliphatic heterocycles. The quantitative estimate of drug-likeness (QED) is 0.648. The van der Waals surface area contributed by atoms with Crippen LogP contribution in [0, 0.1) is 5.92 Å². The van der Waals surface area contributed by atoms with Crippen LogP contribution in [0.4, 0.5) is 0 Å². The SMILES string of the molecule is CCC1OCCC1CN1CC(N)C1=O. The van der Waals surface area contributed by atoms with Crippen LogP contribution in [0.3, 0.4) is 0 Å². The smallest absolute Gasteiger partial charge is 0.241 e. The maximum absolute atomic E-state index is 11.3. The second kappa shape index (κ2) is 3.87. The third kappa shape index (κ3) is 1.64. The molecule has 0 aromatic carbocycles. The lowest BCUT2D eigenvalue weighted by molar-refractivity contribution is -0.143. The standard InChI is InChI=1S/C10H18N2O2/c1-2-9-7(3-4-14-9)5-12-6-8(11)10(12)13/h7-9H,2-6,11H2,1H3. The van der Waals surface area contributed by atoms with Crippen LogP contribution in [0.2, 0.25) is 0 Å². The van der Waals surface area contributed by atoms with Crippen molar-refractivity contribution in [3.63, 3.8) is 0 Å². The van der Waals surface area contributed by atoms with E-state index in [9.17, 15) is 4.79 Å². The van der Waals surface area contributed by atoms with Crippen molar-refractivity contribution < 1.29 is 9.53 Å². The van der Waals surface area contributed by atoms with E-state index in [0.717, 1.165) is 32.5 Å². The zero-order valence-corrected chi connectivity index (χ0v) is 8.61. The molecule has 3 atom stereocenters. The summed E-state index contributed by atoms with van der Waals surface area (Å²) in [5, 5.41) is 0. The fraction of sp³-hybridized carbons (Fsp3) is 0.900. The summed E-state index contributed by atoms with van der Waals surface area (Å²) in [5.41, 5.74) is 5.53. The van der Waals surface area contributed by atoms with Gasteiger partial charge in [-0.05, 0) is 12.8 Å². The van der Waals surface area contributed by atoms with Gasteiger partial charge in [-0.25, -0.2) is 0 Å². The number of ether oxygens (including phenoxy) is 1. The van der Waals surface area contributed by atoms with Crippen LogP contribution in [-0.2, 0) is 9.53 Å². The highest BCUT2D eigenvalue weighted by atomic mass is 16.5. The van der Waals surface area contributed by atoms with E-state index in [1.54, 1.807) is 0 Å². The van der Waals surface area contributed by atoms with E-state index in [1.165, 1.54) is 0 Å². The van der Waals surface area contributed by atoms with Crippen molar-refractivity contribution >= 4 is 5.91 Å². The number of carbonyl (C=O) groups excluding carboxylic acids is 1. The molecular formula is C10H18N2O2. The van der Waals surface area contributed by atoms with E-state index in [2.05, 4.69) is 6.92 Å². The highest BCUT2D eigenvalue weighted by Gasteiger charge is 2.37. The van der Waals surface area contributed by atoms with Crippen LogP contribution >= 0.6 is 0 Å². The number of nitrogens with zero attached hydrogens (tertiary/aromatic N) is 1. The number of β-lactam (4-membered cyclic amide) rings is 1. The highest BCUT2D eigenvalue weighted by Crippen LogP contribution is 2.25.